The van der Waals surface area contributed by atoms with Gasteiger partial charge >= 0.3 is 5.38 Å². The molecule has 1 aromatic carbocycles. The Morgan fingerprint density at radius 1 is 1.22 bits per heavy atom. The molecule has 1 N–H and O–H groups in total. The molecule has 9 nitrogen and oxygen atoms in total. The molecule has 3 aromatic rings. The van der Waals surface area contributed by atoms with Crippen LogP contribution in [-0.2, 0) is 18.5 Å². The second-order valence-corrected chi connectivity index (χ2v) is 6.22. The van der Waals surface area contributed by atoms with Crippen LogP contribution in [0.15, 0.2) is 18.2 Å². The lowest BCUT2D eigenvalue weighted by atomic mass is 10.1. The predicted molar refractivity (Wildman–Crippen MR) is 84.1 cm³/mol. The summed E-state index contributed by atoms with van der Waals surface area (Å²) in [6.45, 7) is 0.00892. The van der Waals surface area contributed by atoms with Crippen molar-refractivity contribution < 1.29 is 18.0 Å². The van der Waals surface area contributed by atoms with Crippen molar-refractivity contribution in [2.75, 3.05) is 6.54 Å². The van der Waals surface area contributed by atoms with Crippen LogP contribution in [0.25, 0.3) is 11.4 Å². The first-order chi connectivity index (χ1) is 12.8. The highest BCUT2D eigenvalue weighted by molar-refractivity contribution is 6.21. The van der Waals surface area contributed by atoms with E-state index in [1.54, 1.807) is 0 Å². The van der Waals surface area contributed by atoms with Crippen LogP contribution in [0.2, 0.25) is 0 Å². The molecule has 1 amide bonds. The second kappa shape index (κ2) is 6.30. The van der Waals surface area contributed by atoms with Crippen molar-refractivity contribution in [2.24, 2.45) is 0 Å². The average Bonchev–Trinajstić information content (AvgIpc) is 3.29. The van der Waals surface area contributed by atoms with Crippen molar-refractivity contribution in [3.8, 4) is 11.4 Å². The zero-order valence-corrected chi connectivity index (χ0v) is 14.2. The summed E-state index contributed by atoms with van der Waals surface area (Å²) in [5, 5.41) is 16.5. The van der Waals surface area contributed by atoms with E-state index in [1.807, 2.05) is 0 Å². The van der Waals surface area contributed by atoms with E-state index in [1.165, 1.54) is 17.0 Å². The van der Waals surface area contributed by atoms with Gasteiger partial charge in [-0.25, -0.2) is 4.39 Å². The molecule has 2 aromatic heterocycles. The van der Waals surface area contributed by atoms with Crippen LogP contribution in [0.1, 0.15) is 22.0 Å². The molecule has 4 rings (SSSR count). The third kappa shape index (κ3) is 3.12. The lowest BCUT2D eigenvalue weighted by molar-refractivity contribution is 0.0658. The fourth-order valence-electron chi connectivity index (χ4n) is 2.82. The Bertz CT molecular complexity index is 1000. The van der Waals surface area contributed by atoms with Gasteiger partial charge in [0.25, 0.3) is 5.91 Å². The van der Waals surface area contributed by atoms with Gasteiger partial charge in [0.15, 0.2) is 5.82 Å². The minimum atomic E-state index is -3.66. The molecule has 0 saturated heterocycles. The van der Waals surface area contributed by atoms with Crippen molar-refractivity contribution in [3.63, 3.8) is 0 Å². The first-order valence-electron chi connectivity index (χ1n) is 7.66. The minimum absolute atomic E-state index is 0.0221. The number of amides is 1. The Morgan fingerprint density at radius 2 is 2.04 bits per heavy atom. The molecule has 0 fully saturated rings. The summed E-state index contributed by atoms with van der Waals surface area (Å²) in [6.07, 6.45) is 0. The quantitative estimate of drug-likeness (QED) is 0.671. The van der Waals surface area contributed by atoms with E-state index in [9.17, 15) is 18.0 Å². The fourth-order valence-corrected chi connectivity index (χ4v) is 2.96. The molecule has 13 heteroatoms. The molecule has 1 aliphatic rings. The van der Waals surface area contributed by atoms with Gasteiger partial charge in [-0.3, -0.25) is 4.79 Å². The number of hydrogen-bond acceptors (Lipinski definition) is 6. The Balaban J connectivity index is 1.57. The maximum atomic E-state index is 14.4. The summed E-state index contributed by atoms with van der Waals surface area (Å²) < 4.78 is 42.2. The summed E-state index contributed by atoms with van der Waals surface area (Å²) >= 11 is 5.01. The zero-order valence-electron chi connectivity index (χ0n) is 13.4. The number of aromatic amines is 1. The highest BCUT2D eigenvalue weighted by atomic mass is 35.5. The SMILES string of the molecule is O=C(c1ccc(-c2nn[nH]n2)cc1F)N1CCn2c(nnc2C(F)(F)Cl)C1. The minimum Gasteiger partial charge on any atom is -0.329 e. The Kier molecular flexibility index (Phi) is 4.06. The number of carbonyl (C=O) groups is 1. The molecule has 0 radical (unpaired) electrons. The topological polar surface area (TPSA) is 105 Å². The molecule has 0 spiro atoms. The van der Waals surface area contributed by atoms with Crippen molar-refractivity contribution in [1.29, 1.82) is 0 Å². The maximum Gasteiger partial charge on any atom is 0.381 e. The summed E-state index contributed by atoms with van der Waals surface area (Å²) in [4.78, 5) is 13.9. The highest BCUT2D eigenvalue weighted by Crippen LogP contribution is 2.32. The van der Waals surface area contributed by atoms with Crippen molar-refractivity contribution in [2.45, 2.75) is 18.5 Å². The third-order valence-electron chi connectivity index (χ3n) is 4.10. The van der Waals surface area contributed by atoms with Gasteiger partial charge in [-0.15, -0.1) is 20.4 Å². The van der Waals surface area contributed by atoms with Gasteiger partial charge in [0.2, 0.25) is 11.6 Å². The number of H-pyrrole nitrogens is 1. The number of nitrogens with one attached hydrogen (secondary N) is 1. The van der Waals surface area contributed by atoms with Crippen LogP contribution in [0.5, 0.6) is 0 Å². The number of nitrogens with zero attached hydrogens (tertiary/aromatic N) is 7. The molecule has 0 bridgehead atoms. The fraction of sp³-hybridized carbons (Fsp3) is 0.286. The van der Waals surface area contributed by atoms with Crippen LogP contribution >= 0.6 is 11.6 Å². The predicted octanol–water partition coefficient (Wildman–Crippen LogP) is 1.54. The second-order valence-electron chi connectivity index (χ2n) is 5.75. The average molecular weight is 399 g/mol. The van der Waals surface area contributed by atoms with Crippen molar-refractivity contribution >= 4 is 17.5 Å². The monoisotopic (exact) mass is 398 g/mol. The van der Waals surface area contributed by atoms with E-state index in [0.29, 0.717) is 5.56 Å². The van der Waals surface area contributed by atoms with Gasteiger partial charge in [0.1, 0.15) is 5.82 Å². The summed E-state index contributed by atoms with van der Waals surface area (Å²) in [6, 6.07) is 3.91. The zero-order chi connectivity index (χ0) is 19.2. The number of halogens is 4. The Morgan fingerprint density at radius 3 is 2.70 bits per heavy atom. The molecule has 1 aliphatic heterocycles. The Hall–Kier alpha value is -3.02. The van der Waals surface area contributed by atoms with Gasteiger partial charge in [-0.1, -0.05) is 6.07 Å². The standard InChI is InChI=1S/C14H10ClF3N8O/c15-14(17,18)13-22-19-10-6-25(3-4-26(10)13)12(27)8-2-1-7(5-9(8)16)11-20-23-24-21-11/h1-2,5H,3-4,6H2,(H,20,21,23,24). The number of tetrazole rings is 1. The van der Waals surface area contributed by atoms with Crippen LogP contribution in [0, 0.1) is 5.82 Å². The van der Waals surface area contributed by atoms with Gasteiger partial charge in [-0.2, -0.15) is 14.0 Å². The van der Waals surface area contributed by atoms with E-state index < -0.39 is 22.9 Å². The molecule has 140 valence electrons. The van der Waals surface area contributed by atoms with Crippen molar-refractivity contribution in [1.82, 2.24) is 40.3 Å². The molecular formula is C14H10ClF3N8O. The number of alkyl halides is 3. The van der Waals surface area contributed by atoms with Gasteiger partial charge in [-0.05, 0) is 28.9 Å². The normalized spacial score (nSPS) is 14.3. The summed E-state index contributed by atoms with van der Waals surface area (Å²) in [7, 11) is 0. The number of hydrogen-bond donors (Lipinski definition) is 1. The van der Waals surface area contributed by atoms with Crippen LogP contribution in [0.4, 0.5) is 13.2 Å². The number of aromatic nitrogens is 7. The van der Waals surface area contributed by atoms with Crippen LogP contribution in [-0.4, -0.2) is 52.7 Å². The van der Waals surface area contributed by atoms with E-state index in [2.05, 4.69) is 30.8 Å². The summed E-state index contributed by atoms with van der Waals surface area (Å²) in [5.41, 5.74) is 0.184. The van der Waals surface area contributed by atoms with E-state index in [-0.39, 0.29) is 36.8 Å². The number of carbonyl (C=O) groups excluding carboxylic acids is 1. The highest BCUT2D eigenvalue weighted by Gasteiger charge is 2.38. The number of rotatable bonds is 3. The molecule has 0 atom stereocenters. The van der Waals surface area contributed by atoms with E-state index in [4.69, 9.17) is 11.6 Å². The molecule has 0 saturated carbocycles. The molecule has 3 heterocycles. The Labute approximate surface area is 154 Å². The van der Waals surface area contributed by atoms with Crippen LogP contribution < -0.4 is 0 Å². The van der Waals surface area contributed by atoms with E-state index in [0.717, 1.165) is 10.6 Å². The smallest absolute Gasteiger partial charge is 0.329 e. The molecular weight excluding hydrogens is 389 g/mol. The van der Waals surface area contributed by atoms with Crippen molar-refractivity contribution in [3.05, 3.63) is 41.2 Å². The molecule has 0 aliphatic carbocycles. The number of benzene rings is 1. The summed E-state index contributed by atoms with van der Waals surface area (Å²) in [5.74, 6) is -1.70. The molecule has 0 unspecified atom stereocenters. The maximum absolute atomic E-state index is 14.4. The first-order valence-corrected chi connectivity index (χ1v) is 8.04. The largest absolute Gasteiger partial charge is 0.381 e. The third-order valence-corrected chi connectivity index (χ3v) is 4.27. The van der Waals surface area contributed by atoms with Gasteiger partial charge in [0.05, 0.1) is 12.1 Å². The first kappa shape index (κ1) is 17.4. The lowest BCUT2D eigenvalue weighted by Crippen LogP contribution is -2.39. The molecule has 27 heavy (non-hydrogen) atoms. The van der Waals surface area contributed by atoms with E-state index >= 15 is 0 Å². The van der Waals surface area contributed by atoms with Gasteiger partial charge in [0, 0.05) is 18.7 Å². The lowest BCUT2D eigenvalue weighted by Gasteiger charge is -2.28. The van der Waals surface area contributed by atoms with Crippen LogP contribution in [0.3, 0.4) is 0 Å². The van der Waals surface area contributed by atoms with Gasteiger partial charge < -0.3 is 9.47 Å². The number of fused-ring (bicyclic) bond motifs is 1.